The highest BCUT2D eigenvalue weighted by Crippen LogP contribution is 2.47. The summed E-state index contributed by atoms with van der Waals surface area (Å²) in [7, 11) is 0. The van der Waals surface area contributed by atoms with Gasteiger partial charge in [0.15, 0.2) is 11.5 Å². The van der Waals surface area contributed by atoms with Gasteiger partial charge in [-0.2, -0.15) is 10.1 Å². The number of halogens is 1. The second-order valence-electron chi connectivity index (χ2n) is 6.22. The SMILES string of the molecule is Cc1cc(-c2nc(C3(C(=O)NCc4ccccc4F)CC3)no2)n[nH]1. The molecule has 0 spiro atoms. The standard InChI is InChI=1S/C17H16FN5O2/c1-10-8-13(22-21-10)14-20-15(23-25-14)17(6-7-17)16(24)19-9-11-4-2-3-5-12(11)18/h2-5,8H,6-7,9H2,1H3,(H,19,24)(H,21,22). The van der Waals surface area contributed by atoms with Crippen molar-refractivity contribution in [2.24, 2.45) is 0 Å². The third-order valence-electron chi connectivity index (χ3n) is 4.36. The monoisotopic (exact) mass is 341 g/mol. The first-order valence-electron chi connectivity index (χ1n) is 7.97. The molecule has 0 bridgehead atoms. The molecule has 1 amide bonds. The number of benzene rings is 1. The van der Waals surface area contributed by atoms with Crippen molar-refractivity contribution < 1.29 is 13.7 Å². The second-order valence-corrected chi connectivity index (χ2v) is 6.22. The summed E-state index contributed by atoms with van der Waals surface area (Å²) >= 11 is 0. The van der Waals surface area contributed by atoms with Crippen molar-refractivity contribution in [3.05, 3.63) is 53.2 Å². The maximum atomic E-state index is 13.7. The van der Waals surface area contributed by atoms with Crippen molar-refractivity contribution in [1.82, 2.24) is 25.7 Å². The van der Waals surface area contributed by atoms with Crippen LogP contribution in [0.25, 0.3) is 11.6 Å². The summed E-state index contributed by atoms with van der Waals surface area (Å²) in [4.78, 5) is 16.9. The summed E-state index contributed by atoms with van der Waals surface area (Å²) in [6, 6.07) is 8.14. The number of nitrogens with zero attached hydrogens (tertiary/aromatic N) is 3. The van der Waals surface area contributed by atoms with Gasteiger partial charge in [-0.1, -0.05) is 23.4 Å². The van der Waals surface area contributed by atoms with Crippen LogP contribution in [0.3, 0.4) is 0 Å². The first-order chi connectivity index (χ1) is 12.1. The molecule has 25 heavy (non-hydrogen) atoms. The topological polar surface area (TPSA) is 96.7 Å². The molecular formula is C17H16FN5O2. The van der Waals surface area contributed by atoms with Crippen LogP contribution in [0.2, 0.25) is 0 Å². The Bertz CT molecular complexity index is 929. The number of H-pyrrole nitrogens is 1. The van der Waals surface area contributed by atoms with E-state index in [2.05, 4.69) is 25.7 Å². The first kappa shape index (κ1) is 15.5. The zero-order valence-electron chi connectivity index (χ0n) is 13.5. The largest absolute Gasteiger partial charge is 0.351 e. The van der Waals surface area contributed by atoms with Crippen LogP contribution in [0.5, 0.6) is 0 Å². The van der Waals surface area contributed by atoms with Crippen LogP contribution >= 0.6 is 0 Å². The second kappa shape index (κ2) is 5.80. The van der Waals surface area contributed by atoms with Crippen LogP contribution in [0.15, 0.2) is 34.9 Å². The number of hydrogen-bond acceptors (Lipinski definition) is 5. The number of carbonyl (C=O) groups excluding carboxylic acids is 1. The number of nitrogens with one attached hydrogen (secondary N) is 2. The molecule has 1 saturated carbocycles. The predicted octanol–water partition coefficient (Wildman–Crippen LogP) is 2.26. The average Bonchev–Trinajstić information content (AvgIpc) is 3.06. The molecular weight excluding hydrogens is 325 g/mol. The van der Waals surface area contributed by atoms with E-state index in [4.69, 9.17) is 4.52 Å². The number of aromatic nitrogens is 4. The van der Waals surface area contributed by atoms with Gasteiger partial charge in [-0.25, -0.2) is 4.39 Å². The molecule has 1 aromatic carbocycles. The van der Waals surface area contributed by atoms with E-state index in [0.717, 1.165) is 5.69 Å². The van der Waals surface area contributed by atoms with Crippen molar-refractivity contribution >= 4 is 5.91 Å². The van der Waals surface area contributed by atoms with Crippen LogP contribution in [0, 0.1) is 12.7 Å². The molecule has 8 heteroatoms. The summed E-state index contributed by atoms with van der Waals surface area (Å²) in [5, 5.41) is 13.6. The fraction of sp³-hybridized carbons (Fsp3) is 0.294. The predicted molar refractivity (Wildman–Crippen MR) is 85.8 cm³/mol. The van der Waals surface area contributed by atoms with Gasteiger partial charge >= 0.3 is 0 Å². The van der Waals surface area contributed by atoms with E-state index in [-0.39, 0.29) is 24.2 Å². The van der Waals surface area contributed by atoms with Crippen molar-refractivity contribution in [1.29, 1.82) is 0 Å². The summed E-state index contributed by atoms with van der Waals surface area (Å²) in [5.41, 5.74) is 1.06. The molecule has 0 aliphatic heterocycles. The van der Waals surface area contributed by atoms with Gasteiger partial charge in [0.05, 0.1) is 0 Å². The molecule has 0 radical (unpaired) electrons. The van der Waals surface area contributed by atoms with E-state index in [1.807, 2.05) is 6.92 Å². The summed E-state index contributed by atoms with van der Waals surface area (Å²) in [6.07, 6.45) is 1.27. The molecule has 1 aliphatic rings. The lowest BCUT2D eigenvalue weighted by molar-refractivity contribution is -0.124. The maximum absolute atomic E-state index is 13.7. The zero-order valence-corrected chi connectivity index (χ0v) is 13.5. The molecule has 1 aliphatic carbocycles. The minimum Gasteiger partial charge on any atom is -0.351 e. The van der Waals surface area contributed by atoms with E-state index in [0.29, 0.717) is 29.9 Å². The average molecular weight is 341 g/mol. The highest BCUT2D eigenvalue weighted by Gasteiger charge is 2.55. The van der Waals surface area contributed by atoms with Gasteiger partial charge in [0.25, 0.3) is 5.89 Å². The number of carbonyl (C=O) groups is 1. The van der Waals surface area contributed by atoms with E-state index < -0.39 is 5.41 Å². The van der Waals surface area contributed by atoms with E-state index in [9.17, 15) is 9.18 Å². The van der Waals surface area contributed by atoms with Crippen LogP contribution in [0.1, 0.15) is 29.9 Å². The summed E-state index contributed by atoms with van der Waals surface area (Å²) in [6.45, 7) is 1.99. The molecule has 0 saturated heterocycles. The Kier molecular flexibility index (Phi) is 3.60. The maximum Gasteiger partial charge on any atom is 0.278 e. The fourth-order valence-electron chi connectivity index (χ4n) is 2.71. The lowest BCUT2D eigenvalue weighted by atomic mass is 10.1. The molecule has 4 rings (SSSR count). The molecule has 0 unspecified atom stereocenters. The zero-order chi connectivity index (χ0) is 17.4. The van der Waals surface area contributed by atoms with Crippen molar-refractivity contribution in [3.63, 3.8) is 0 Å². The number of aryl methyl sites for hydroxylation is 1. The van der Waals surface area contributed by atoms with E-state index in [1.165, 1.54) is 6.07 Å². The van der Waals surface area contributed by atoms with Gasteiger partial charge in [0.2, 0.25) is 5.91 Å². The summed E-state index contributed by atoms with van der Waals surface area (Å²) in [5.74, 6) is 0.0476. The minimum absolute atomic E-state index is 0.122. The molecule has 2 aromatic heterocycles. The lowest BCUT2D eigenvalue weighted by Crippen LogP contribution is -2.35. The molecule has 2 N–H and O–H groups in total. The number of rotatable bonds is 5. The normalized spacial score (nSPS) is 15.1. The van der Waals surface area contributed by atoms with Gasteiger partial charge in [0.1, 0.15) is 11.2 Å². The first-order valence-corrected chi connectivity index (χ1v) is 7.97. The number of amides is 1. The van der Waals surface area contributed by atoms with Crippen LogP contribution in [-0.2, 0) is 16.8 Å². The molecule has 128 valence electrons. The third-order valence-corrected chi connectivity index (χ3v) is 4.36. The third kappa shape index (κ3) is 2.79. The van der Waals surface area contributed by atoms with Crippen LogP contribution in [-0.4, -0.2) is 26.2 Å². The van der Waals surface area contributed by atoms with Gasteiger partial charge in [-0.3, -0.25) is 9.89 Å². The molecule has 2 heterocycles. The quantitative estimate of drug-likeness (QED) is 0.742. The Balaban J connectivity index is 1.49. The Labute approximate surface area is 142 Å². The fourth-order valence-corrected chi connectivity index (χ4v) is 2.71. The van der Waals surface area contributed by atoms with Gasteiger partial charge in [-0.05, 0) is 31.9 Å². The Hall–Kier alpha value is -3.03. The van der Waals surface area contributed by atoms with E-state index >= 15 is 0 Å². The molecule has 7 nitrogen and oxygen atoms in total. The van der Waals surface area contributed by atoms with Crippen molar-refractivity contribution in [3.8, 4) is 11.6 Å². The highest BCUT2D eigenvalue weighted by atomic mass is 19.1. The van der Waals surface area contributed by atoms with Crippen LogP contribution in [0.4, 0.5) is 4.39 Å². The Morgan fingerprint density at radius 2 is 2.20 bits per heavy atom. The minimum atomic E-state index is -0.793. The van der Waals surface area contributed by atoms with Crippen molar-refractivity contribution in [2.75, 3.05) is 0 Å². The molecule has 0 atom stereocenters. The van der Waals surface area contributed by atoms with Gasteiger partial charge < -0.3 is 9.84 Å². The molecule has 1 fully saturated rings. The van der Waals surface area contributed by atoms with Crippen molar-refractivity contribution in [2.45, 2.75) is 31.7 Å². The summed E-state index contributed by atoms with van der Waals surface area (Å²) < 4.78 is 18.9. The van der Waals surface area contributed by atoms with Gasteiger partial charge in [-0.15, -0.1) is 0 Å². The van der Waals surface area contributed by atoms with Gasteiger partial charge in [0, 0.05) is 17.8 Å². The smallest absolute Gasteiger partial charge is 0.278 e. The number of aromatic amines is 1. The number of hydrogen-bond donors (Lipinski definition) is 2. The molecule has 3 aromatic rings. The van der Waals surface area contributed by atoms with Crippen LogP contribution < -0.4 is 5.32 Å². The Morgan fingerprint density at radius 1 is 1.40 bits per heavy atom. The van der Waals surface area contributed by atoms with E-state index in [1.54, 1.807) is 24.3 Å². The lowest BCUT2D eigenvalue weighted by Gasteiger charge is -2.11. The Morgan fingerprint density at radius 3 is 2.88 bits per heavy atom. The highest BCUT2D eigenvalue weighted by molar-refractivity contribution is 5.90.